The van der Waals surface area contributed by atoms with Crippen LogP contribution in [0.4, 0.5) is 0 Å². The lowest BCUT2D eigenvalue weighted by Gasteiger charge is -2.42. The first-order valence-corrected chi connectivity index (χ1v) is 6.76. The zero-order valence-corrected chi connectivity index (χ0v) is 11.5. The third kappa shape index (κ3) is 3.24. The molecule has 0 atom stereocenters. The summed E-state index contributed by atoms with van der Waals surface area (Å²) in [4.78, 5) is 0. The summed E-state index contributed by atoms with van der Waals surface area (Å²) in [5.74, 6) is 0.921. The first kappa shape index (κ1) is 13.4. The van der Waals surface area contributed by atoms with Crippen molar-refractivity contribution in [3.05, 3.63) is 29.8 Å². The lowest BCUT2D eigenvalue weighted by Crippen LogP contribution is -2.46. The zero-order valence-electron chi connectivity index (χ0n) is 11.5. The maximum atomic E-state index is 5.16. The van der Waals surface area contributed by atoms with Crippen molar-refractivity contribution in [2.24, 2.45) is 5.41 Å². The number of methoxy groups -OCH3 is 1. The van der Waals surface area contributed by atoms with Crippen LogP contribution in [0, 0.1) is 5.41 Å². The summed E-state index contributed by atoms with van der Waals surface area (Å²) in [7, 11) is 3.74. The van der Waals surface area contributed by atoms with Crippen molar-refractivity contribution in [2.75, 3.05) is 27.2 Å². The average molecular weight is 248 g/mol. The van der Waals surface area contributed by atoms with Gasteiger partial charge in [-0.2, -0.15) is 0 Å². The van der Waals surface area contributed by atoms with Gasteiger partial charge in [0.15, 0.2) is 0 Å². The van der Waals surface area contributed by atoms with E-state index < -0.39 is 0 Å². The fraction of sp³-hybridized carbons (Fsp3) is 0.600. The summed E-state index contributed by atoms with van der Waals surface area (Å²) in [6.07, 6.45) is 4.08. The van der Waals surface area contributed by atoms with Gasteiger partial charge in [0, 0.05) is 19.6 Å². The maximum Gasteiger partial charge on any atom is 0.118 e. The predicted octanol–water partition coefficient (Wildman–Crippen LogP) is 2.17. The number of ether oxygens (including phenoxy) is 1. The van der Waals surface area contributed by atoms with Crippen molar-refractivity contribution in [3.63, 3.8) is 0 Å². The van der Waals surface area contributed by atoms with Crippen molar-refractivity contribution >= 4 is 0 Å². The molecule has 1 fully saturated rings. The minimum Gasteiger partial charge on any atom is -0.497 e. The molecule has 3 heteroatoms. The second-order valence-corrected chi connectivity index (χ2v) is 5.34. The smallest absolute Gasteiger partial charge is 0.118 e. The fourth-order valence-corrected chi connectivity index (χ4v) is 2.68. The molecule has 0 saturated heterocycles. The summed E-state index contributed by atoms with van der Waals surface area (Å²) >= 11 is 0. The number of hydrogen-bond acceptors (Lipinski definition) is 3. The molecule has 1 aliphatic rings. The molecular weight excluding hydrogens is 224 g/mol. The highest BCUT2D eigenvalue weighted by Crippen LogP contribution is 2.39. The monoisotopic (exact) mass is 248 g/mol. The molecule has 0 radical (unpaired) electrons. The molecule has 0 amide bonds. The van der Waals surface area contributed by atoms with Crippen LogP contribution in [0.1, 0.15) is 24.8 Å². The lowest BCUT2D eigenvalue weighted by atomic mass is 9.68. The molecule has 1 aromatic rings. The quantitative estimate of drug-likeness (QED) is 0.776. The van der Waals surface area contributed by atoms with E-state index >= 15 is 0 Å². The molecule has 1 saturated carbocycles. The summed E-state index contributed by atoms with van der Waals surface area (Å²) in [6, 6.07) is 8.28. The first-order chi connectivity index (χ1) is 8.78. The molecule has 0 heterocycles. The van der Waals surface area contributed by atoms with E-state index in [-0.39, 0.29) is 0 Å². The van der Waals surface area contributed by atoms with E-state index in [0.717, 1.165) is 25.4 Å². The number of benzene rings is 1. The summed E-state index contributed by atoms with van der Waals surface area (Å²) in [5, 5.41) is 6.90. The van der Waals surface area contributed by atoms with Crippen LogP contribution in [0.15, 0.2) is 24.3 Å². The fourth-order valence-electron chi connectivity index (χ4n) is 2.68. The van der Waals surface area contributed by atoms with Gasteiger partial charge in [-0.1, -0.05) is 18.6 Å². The molecule has 2 N–H and O–H groups in total. The van der Waals surface area contributed by atoms with Crippen LogP contribution in [-0.4, -0.2) is 27.2 Å². The van der Waals surface area contributed by atoms with Gasteiger partial charge in [-0.15, -0.1) is 0 Å². The van der Waals surface area contributed by atoms with Gasteiger partial charge in [0.25, 0.3) is 0 Å². The molecule has 0 aliphatic heterocycles. The van der Waals surface area contributed by atoms with Gasteiger partial charge in [-0.05, 0) is 43.0 Å². The highest BCUT2D eigenvalue weighted by atomic mass is 16.5. The average Bonchev–Trinajstić information content (AvgIpc) is 2.36. The number of hydrogen-bond donors (Lipinski definition) is 2. The predicted molar refractivity (Wildman–Crippen MR) is 74.9 cm³/mol. The van der Waals surface area contributed by atoms with Gasteiger partial charge in [0.05, 0.1) is 7.11 Å². The standard InChI is InChI=1S/C15H24N2O/c1-16-11-15(8-3-9-15)12-17-10-13-4-6-14(18-2)7-5-13/h4-7,16-17H,3,8-12H2,1-2H3. The molecule has 0 bridgehead atoms. The van der Waals surface area contributed by atoms with E-state index in [1.165, 1.54) is 24.8 Å². The highest BCUT2D eigenvalue weighted by Gasteiger charge is 2.35. The lowest BCUT2D eigenvalue weighted by molar-refractivity contribution is 0.130. The van der Waals surface area contributed by atoms with Crippen LogP contribution >= 0.6 is 0 Å². The SMILES string of the molecule is CNCC1(CNCc2ccc(OC)cc2)CCC1. The Kier molecular flexibility index (Phi) is 4.61. The summed E-state index contributed by atoms with van der Waals surface area (Å²) in [6.45, 7) is 3.18. The van der Waals surface area contributed by atoms with E-state index in [9.17, 15) is 0 Å². The molecule has 18 heavy (non-hydrogen) atoms. The minimum atomic E-state index is 0.501. The third-order valence-corrected chi connectivity index (χ3v) is 3.95. The van der Waals surface area contributed by atoms with Gasteiger partial charge in [0.2, 0.25) is 0 Å². The van der Waals surface area contributed by atoms with Gasteiger partial charge in [0.1, 0.15) is 5.75 Å². The Hall–Kier alpha value is -1.06. The first-order valence-electron chi connectivity index (χ1n) is 6.76. The number of nitrogens with one attached hydrogen (secondary N) is 2. The maximum absolute atomic E-state index is 5.16. The van der Waals surface area contributed by atoms with Crippen molar-refractivity contribution in [1.82, 2.24) is 10.6 Å². The molecule has 0 spiro atoms. The Morgan fingerprint density at radius 2 is 1.89 bits per heavy atom. The van der Waals surface area contributed by atoms with Crippen molar-refractivity contribution in [3.8, 4) is 5.75 Å². The normalized spacial score (nSPS) is 17.2. The summed E-state index contributed by atoms with van der Waals surface area (Å²) in [5.41, 5.74) is 1.82. The van der Waals surface area contributed by atoms with Gasteiger partial charge in [-0.3, -0.25) is 0 Å². The Morgan fingerprint density at radius 3 is 2.39 bits per heavy atom. The van der Waals surface area contributed by atoms with Crippen LogP contribution in [-0.2, 0) is 6.54 Å². The molecule has 2 rings (SSSR count). The Labute approximate surface area is 110 Å². The largest absolute Gasteiger partial charge is 0.497 e. The van der Waals surface area contributed by atoms with Crippen molar-refractivity contribution in [2.45, 2.75) is 25.8 Å². The minimum absolute atomic E-state index is 0.501. The van der Waals surface area contributed by atoms with E-state index in [1.54, 1.807) is 7.11 Å². The molecular formula is C15H24N2O. The Bertz CT molecular complexity index is 357. The van der Waals surface area contributed by atoms with Crippen LogP contribution in [0.3, 0.4) is 0 Å². The molecule has 0 aromatic heterocycles. The zero-order chi connectivity index (χ0) is 12.8. The molecule has 1 aromatic carbocycles. The molecule has 100 valence electrons. The topological polar surface area (TPSA) is 33.3 Å². The third-order valence-electron chi connectivity index (χ3n) is 3.95. The molecule has 3 nitrogen and oxygen atoms in total. The van der Waals surface area contributed by atoms with Crippen LogP contribution in [0.2, 0.25) is 0 Å². The van der Waals surface area contributed by atoms with E-state index in [4.69, 9.17) is 4.74 Å². The van der Waals surface area contributed by atoms with Crippen molar-refractivity contribution < 1.29 is 4.74 Å². The summed E-state index contributed by atoms with van der Waals surface area (Å²) < 4.78 is 5.16. The highest BCUT2D eigenvalue weighted by molar-refractivity contribution is 5.27. The van der Waals surface area contributed by atoms with Crippen molar-refractivity contribution in [1.29, 1.82) is 0 Å². The van der Waals surface area contributed by atoms with Crippen LogP contribution in [0.5, 0.6) is 5.75 Å². The van der Waals surface area contributed by atoms with E-state index in [1.807, 2.05) is 19.2 Å². The Morgan fingerprint density at radius 1 is 1.17 bits per heavy atom. The van der Waals surface area contributed by atoms with Crippen LogP contribution < -0.4 is 15.4 Å². The van der Waals surface area contributed by atoms with Crippen LogP contribution in [0.25, 0.3) is 0 Å². The number of rotatable bonds is 7. The van der Waals surface area contributed by atoms with E-state index in [0.29, 0.717) is 5.41 Å². The van der Waals surface area contributed by atoms with Gasteiger partial charge < -0.3 is 15.4 Å². The second kappa shape index (κ2) is 6.21. The van der Waals surface area contributed by atoms with Gasteiger partial charge in [-0.25, -0.2) is 0 Å². The second-order valence-electron chi connectivity index (χ2n) is 5.34. The van der Waals surface area contributed by atoms with E-state index in [2.05, 4.69) is 22.8 Å². The molecule has 1 aliphatic carbocycles. The molecule has 0 unspecified atom stereocenters. The Balaban J connectivity index is 1.77. The van der Waals surface area contributed by atoms with Gasteiger partial charge >= 0.3 is 0 Å².